The summed E-state index contributed by atoms with van der Waals surface area (Å²) in [7, 11) is 0. The molecule has 112 valence electrons. The van der Waals surface area contributed by atoms with Crippen LogP contribution < -0.4 is 9.80 Å². The predicted octanol–water partition coefficient (Wildman–Crippen LogP) is 1.67. The highest BCUT2D eigenvalue weighted by Gasteiger charge is 2.36. The number of hydrogen-bond donors (Lipinski definition) is 0. The molecular weight excluding hydrogens is 305 g/mol. The number of nitrogens with zero attached hydrogens (tertiary/aromatic N) is 6. The van der Waals surface area contributed by atoms with Crippen LogP contribution >= 0.6 is 11.5 Å². The summed E-state index contributed by atoms with van der Waals surface area (Å²) >= 11 is 0.784. The molecule has 0 unspecified atom stereocenters. The van der Waals surface area contributed by atoms with Crippen LogP contribution in [0.5, 0.6) is 0 Å². The Morgan fingerprint density at radius 3 is 2.33 bits per heavy atom. The zero-order chi connectivity index (χ0) is 14.9. The van der Waals surface area contributed by atoms with Gasteiger partial charge >= 0.3 is 6.18 Å². The van der Waals surface area contributed by atoms with Gasteiger partial charge in [0.15, 0.2) is 0 Å². The highest BCUT2D eigenvalue weighted by atomic mass is 32.1. The predicted molar refractivity (Wildman–Crippen MR) is 71.4 cm³/mol. The summed E-state index contributed by atoms with van der Waals surface area (Å²) in [6.07, 6.45) is -1.20. The SMILES string of the molecule is FC(F)(F)c1nsc(N2CCN(c3ccnnc3)CC2)n1. The lowest BCUT2D eigenvalue weighted by Crippen LogP contribution is -2.46. The maximum Gasteiger partial charge on any atom is 0.452 e. The summed E-state index contributed by atoms with van der Waals surface area (Å²) in [6, 6.07) is 1.86. The van der Waals surface area contributed by atoms with Crippen LogP contribution in [0.2, 0.25) is 0 Å². The Labute approximate surface area is 122 Å². The standard InChI is InChI=1S/C11H11F3N6S/c12-11(13,14)9-17-10(21-18-9)20-5-3-19(4-6-20)8-1-2-15-16-7-8/h1-2,7H,3-6H2. The zero-order valence-electron chi connectivity index (χ0n) is 10.8. The van der Waals surface area contributed by atoms with Gasteiger partial charge in [0.2, 0.25) is 11.0 Å². The van der Waals surface area contributed by atoms with Crippen molar-refractivity contribution in [3.8, 4) is 0 Å². The fourth-order valence-corrected chi connectivity index (χ4v) is 2.82. The van der Waals surface area contributed by atoms with Gasteiger partial charge in [-0.1, -0.05) is 0 Å². The number of aromatic nitrogens is 4. The van der Waals surface area contributed by atoms with Crippen molar-refractivity contribution >= 4 is 22.4 Å². The van der Waals surface area contributed by atoms with E-state index in [1.165, 1.54) is 0 Å². The Morgan fingerprint density at radius 1 is 1.05 bits per heavy atom. The second-order valence-electron chi connectivity index (χ2n) is 4.47. The molecule has 1 saturated heterocycles. The van der Waals surface area contributed by atoms with Gasteiger partial charge in [0.1, 0.15) is 0 Å². The second kappa shape index (κ2) is 5.43. The largest absolute Gasteiger partial charge is 0.452 e. The number of rotatable bonds is 2. The summed E-state index contributed by atoms with van der Waals surface area (Å²) in [5.74, 6) is -1.07. The van der Waals surface area contributed by atoms with Gasteiger partial charge in [-0.25, -0.2) is 0 Å². The van der Waals surface area contributed by atoms with Crippen LogP contribution in [-0.4, -0.2) is 45.7 Å². The molecule has 6 nitrogen and oxygen atoms in total. The van der Waals surface area contributed by atoms with E-state index in [9.17, 15) is 13.2 Å². The Balaban J connectivity index is 1.65. The van der Waals surface area contributed by atoms with Gasteiger partial charge in [-0.05, 0) is 6.07 Å². The third kappa shape index (κ3) is 3.04. The Hall–Kier alpha value is -1.97. The van der Waals surface area contributed by atoms with Gasteiger partial charge in [0, 0.05) is 37.7 Å². The van der Waals surface area contributed by atoms with Crippen molar-refractivity contribution in [3.63, 3.8) is 0 Å². The first kappa shape index (κ1) is 14.0. The molecule has 2 aromatic heterocycles. The van der Waals surface area contributed by atoms with Crippen LogP contribution in [0.25, 0.3) is 0 Å². The fourth-order valence-electron chi connectivity index (χ4n) is 2.09. The molecule has 0 aliphatic carbocycles. The van der Waals surface area contributed by atoms with Crippen molar-refractivity contribution in [1.29, 1.82) is 0 Å². The average Bonchev–Trinajstić information content (AvgIpc) is 2.98. The van der Waals surface area contributed by atoms with Gasteiger partial charge in [0.05, 0.1) is 18.1 Å². The van der Waals surface area contributed by atoms with Gasteiger partial charge < -0.3 is 9.80 Å². The van der Waals surface area contributed by atoms with Crippen LogP contribution in [0.4, 0.5) is 24.0 Å². The molecule has 10 heteroatoms. The second-order valence-corrected chi connectivity index (χ2v) is 5.20. The van der Waals surface area contributed by atoms with E-state index in [1.807, 2.05) is 11.0 Å². The first-order valence-corrected chi connectivity index (χ1v) is 6.99. The van der Waals surface area contributed by atoms with Crippen molar-refractivity contribution in [3.05, 3.63) is 24.3 Å². The van der Waals surface area contributed by atoms with E-state index >= 15 is 0 Å². The average molecular weight is 316 g/mol. The van der Waals surface area contributed by atoms with E-state index in [1.54, 1.807) is 12.4 Å². The number of hydrogen-bond acceptors (Lipinski definition) is 7. The van der Waals surface area contributed by atoms with Crippen LogP contribution in [0.15, 0.2) is 18.5 Å². The lowest BCUT2D eigenvalue weighted by atomic mass is 10.3. The smallest absolute Gasteiger partial charge is 0.367 e. The molecule has 1 aliphatic rings. The molecule has 0 radical (unpaired) electrons. The zero-order valence-corrected chi connectivity index (χ0v) is 11.6. The number of halogens is 3. The monoisotopic (exact) mass is 316 g/mol. The summed E-state index contributed by atoms with van der Waals surface area (Å²) in [5.41, 5.74) is 0.956. The van der Waals surface area contributed by atoms with Crippen molar-refractivity contribution in [1.82, 2.24) is 19.6 Å². The minimum absolute atomic E-state index is 0.315. The van der Waals surface area contributed by atoms with Gasteiger partial charge in [-0.2, -0.15) is 32.7 Å². The molecule has 1 aliphatic heterocycles. The molecule has 3 rings (SSSR count). The molecule has 2 aromatic rings. The quantitative estimate of drug-likeness (QED) is 0.840. The lowest BCUT2D eigenvalue weighted by Gasteiger charge is -2.35. The topological polar surface area (TPSA) is 58.0 Å². The maximum absolute atomic E-state index is 12.5. The third-order valence-corrected chi connectivity index (χ3v) is 3.93. The fraction of sp³-hybridized carbons (Fsp3) is 0.455. The number of piperazine rings is 1. The summed E-state index contributed by atoms with van der Waals surface area (Å²) in [5, 5.41) is 7.85. The highest BCUT2D eigenvalue weighted by molar-refractivity contribution is 7.09. The van der Waals surface area contributed by atoms with Gasteiger partial charge in [-0.3, -0.25) is 0 Å². The summed E-state index contributed by atoms with van der Waals surface area (Å²) in [4.78, 5) is 7.50. The van der Waals surface area contributed by atoms with Crippen molar-refractivity contribution in [2.75, 3.05) is 36.0 Å². The van der Waals surface area contributed by atoms with E-state index in [0.29, 0.717) is 31.3 Å². The molecule has 3 heterocycles. The Morgan fingerprint density at radius 2 is 1.76 bits per heavy atom. The lowest BCUT2D eigenvalue weighted by molar-refractivity contribution is -0.144. The van der Waals surface area contributed by atoms with Gasteiger partial charge in [-0.15, -0.1) is 0 Å². The van der Waals surface area contributed by atoms with E-state index in [0.717, 1.165) is 17.2 Å². The molecule has 21 heavy (non-hydrogen) atoms. The summed E-state index contributed by atoms with van der Waals surface area (Å²) in [6.45, 7) is 2.56. The maximum atomic E-state index is 12.5. The van der Waals surface area contributed by atoms with Crippen molar-refractivity contribution in [2.24, 2.45) is 0 Å². The summed E-state index contributed by atoms with van der Waals surface area (Å²) < 4.78 is 40.9. The van der Waals surface area contributed by atoms with E-state index < -0.39 is 12.0 Å². The molecular formula is C11H11F3N6S. The number of anilines is 2. The first-order valence-electron chi connectivity index (χ1n) is 6.21. The van der Waals surface area contributed by atoms with E-state index in [4.69, 9.17) is 0 Å². The normalized spacial score (nSPS) is 16.3. The minimum atomic E-state index is -4.49. The molecule has 0 N–H and O–H groups in total. The Kier molecular flexibility index (Phi) is 3.62. The van der Waals surface area contributed by atoms with E-state index in [-0.39, 0.29) is 0 Å². The first-order chi connectivity index (χ1) is 10.0. The third-order valence-electron chi connectivity index (χ3n) is 3.15. The van der Waals surface area contributed by atoms with Crippen LogP contribution in [0.3, 0.4) is 0 Å². The van der Waals surface area contributed by atoms with Crippen LogP contribution in [0.1, 0.15) is 5.82 Å². The molecule has 0 atom stereocenters. The van der Waals surface area contributed by atoms with Crippen LogP contribution in [-0.2, 0) is 6.18 Å². The number of alkyl halides is 3. The molecule has 0 amide bonds. The van der Waals surface area contributed by atoms with Crippen molar-refractivity contribution in [2.45, 2.75) is 6.18 Å². The molecule has 1 fully saturated rings. The minimum Gasteiger partial charge on any atom is -0.367 e. The van der Waals surface area contributed by atoms with Crippen molar-refractivity contribution < 1.29 is 13.2 Å². The Bertz CT molecular complexity index is 594. The van der Waals surface area contributed by atoms with E-state index in [2.05, 4.69) is 24.5 Å². The molecule has 0 bridgehead atoms. The molecule has 0 aromatic carbocycles. The molecule has 0 saturated carbocycles. The van der Waals surface area contributed by atoms with Gasteiger partial charge in [0.25, 0.3) is 0 Å². The highest BCUT2D eigenvalue weighted by Crippen LogP contribution is 2.30. The van der Waals surface area contributed by atoms with Crippen LogP contribution in [0, 0.1) is 0 Å². The molecule has 0 spiro atoms.